The second-order valence-corrected chi connectivity index (χ2v) is 39.0. The van der Waals surface area contributed by atoms with Gasteiger partial charge in [-0.15, -0.1) is 0 Å². The van der Waals surface area contributed by atoms with Crippen molar-refractivity contribution in [2.45, 2.75) is 238 Å². The van der Waals surface area contributed by atoms with Crippen LogP contribution in [0.4, 0.5) is 28.4 Å². The zero-order valence-electron chi connectivity index (χ0n) is 125. The van der Waals surface area contributed by atoms with Crippen molar-refractivity contribution in [3.63, 3.8) is 0 Å². The summed E-state index contributed by atoms with van der Waals surface area (Å²) in [6.45, 7) is 54.7. The molecule has 0 aliphatic rings. The molecule has 148 heavy (non-hydrogen) atoms. The van der Waals surface area contributed by atoms with E-state index in [9.17, 15) is 4.11 Å². The molecule has 2 atom stereocenters. The summed E-state index contributed by atoms with van der Waals surface area (Å²) in [5.41, 5.74) is 17.0. The van der Waals surface area contributed by atoms with Crippen molar-refractivity contribution in [1.29, 1.82) is 0 Å². The van der Waals surface area contributed by atoms with E-state index in [1.807, 2.05) is 83.1 Å². The maximum Gasteiger partial charge on any atom is 0.232 e. The van der Waals surface area contributed by atoms with Crippen LogP contribution in [-0.2, 0) is 54.4 Å². The first kappa shape index (κ1) is 67.2. The van der Waals surface area contributed by atoms with Gasteiger partial charge in [-0.05, 0) is 236 Å². The van der Waals surface area contributed by atoms with E-state index < -0.39 is 103 Å². The van der Waals surface area contributed by atoms with E-state index >= 15 is 0 Å². The predicted octanol–water partition coefficient (Wildman–Crippen LogP) is 35.2. The Morgan fingerprint density at radius 2 is 0.608 bits per heavy atom. The van der Waals surface area contributed by atoms with Gasteiger partial charge in [0.2, 0.25) is 56.9 Å². The highest BCUT2D eigenvalue weighted by Gasteiger charge is 2.35. The molecule has 15 nitrogen and oxygen atoms in total. The quantitative estimate of drug-likeness (QED) is 0.0844. The first-order chi connectivity index (χ1) is 85.0. The van der Waals surface area contributed by atoms with E-state index in [2.05, 4.69) is 24.2 Å². The highest BCUT2D eigenvalue weighted by atomic mass is 16.3. The molecule has 0 bridgehead atoms. The summed E-state index contributed by atoms with van der Waals surface area (Å²) in [7, 11) is 8.41. The number of benzene rings is 10. The van der Waals surface area contributed by atoms with Crippen LogP contribution in [0.25, 0.3) is 190 Å². The standard InChI is InChI=1S/3C27H29N2O.2C26H27N2O/c1-15(2)13-20-14-23(29(8)19(6)18(20)5)25-17(4)9-11-21-24-16(3)10-12-22(28-7)27(24)30-26(21)25;1-15(2)13-20-14-23(29(8)19(6)18(20)5)24-16(3)9-11-21-22-12-10-17(4)25(28-7)27(22)30-26(21)24;1-15(2)11-20-14-24(29(8)19(6)18(20)5)25-17(4)9-10-21-22-12-16(3)13-23(28-7)26(22)30-27(21)25;1-14(2)22-17(5)13-21(28(8)18(22)6)24-16(4)9-11-19-23-15(3)10-12-20(27-7)26(23)29-25(19)24;1-14(2)22-17(5)13-21(28(8)18(22)6)24-16(4)12-15(3)23-19-10-9-11-20(27-7)25(19)29-26(23)24/h2*9-12,14-15H,13H2,1-6,8H3;9-10,12-15H,11H2,1-6,8H3;2*9-14H,1-6,8H3/q5*+1/i3D3,5D3,13D2,14D;5D3,13D2,14D;5D3,11D2,14D;2*1D3,3D3,13D,14D. The Kier molecular flexibility index (Phi) is 18.8. The van der Waals surface area contributed by atoms with Crippen LogP contribution in [-0.4, -0.2) is 0 Å². The molecular formula is C133H141N10O5+5. The fraction of sp³-hybridized carbons (Fsp3) is 0.323. The molecule has 0 saturated carbocycles. The molecule has 2 unspecified atom stereocenters. The Morgan fingerprint density at radius 1 is 0.291 bits per heavy atom. The van der Waals surface area contributed by atoms with Gasteiger partial charge in [0.1, 0.15) is 91.1 Å². The average Bonchev–Trinajstić information content (AvgIpc) is 1.32. The zero-order valence-corrected chi connectivity index (χ0v) is 88.3. The Hall–Kier alpha value is -15.6. The lowest BCUT2D eigenvalue weighted by atomic mass is 9.92. The van der Waals surface area contributed by atoms with Gasteiger partial charge in [0.15, 0.2) is 28.5 Å². The van der Waals surface area contributed by atoms with E-state index in [0.717, 1.165) is 49.4 Å². The molecule has 748 valence electrons. The van der Waals surface area contributed by atoms with Crippen molar-refractivity contribution in [2.24, 2.45) is 53.0 Å². The lowest BCUT2D eigenvalue weighted by Gasteiger charge is -2.15. The van der Waals surface area contributed by atoms with Gasteiger partial charge in [-0.3, -0.25) is 0 Å². The highest BCUT2D eigenvalue weighted by Crippen LogP contribution is 2.50. The fourth-order valence-corrected chi connectivity index (χ4v) is 20.0. The Bertz CT molecular complexity index is 10800. The number of pyridine rings is 5. The molecule has 10 aromatic heterocycles. The van der Waals surface area contributed by atoms with Crippen molar-refractivity contribution < 1.29 is 95.6 Å². The molecule has 0 fully saturated rings. The summed E-state index contributed by atoms with van der Waals surface area (Å²) in [5.74, 6) is -5.64. The molecular weight excluding hydrogens is 1820 g/mol. The van der Waals surface area contributed by atoms with Crippen molar-refractivity contribution in [3.05, 3.63) is 348 Å². The highest BCUT2D eigenvalue weighted by molar-refractivity contribution is 6.19. The summed E-state index contributed by atoms with van der Waals surface area (Å²) in [6, 6.07) is 33.9. The number of aromatic nitrogens is 5. The second kappa shape index (κ2) is 41.4. The third-order valence-electron chi connectivity index (χ3n) is 27.8. The molecule has 0 radical (unpaired) electrons. The summed E-state index contributed by atoms with van der Waals surface area (Å²) in [5, 5.41) is 5.55. The van der Waals surface area contributed by atoms with Gasteiger partial charge in [-0.1, -0.05) is 190 Å². The minimum absolute atomic E-state index is 0.0164. The van der Waals surface area contributed by atoms with Crippen LogP contribution in [0.3, 0.4) is 0 Å². The Labute approximate surface area is 925 Å². The molecule has 15 heteroatoms. The Balaban J connectivity index is 0.000000159. The van der Waals surface area contributed by atoms with Crippen molar-refractivity contribution in [1.82, 2.24) is 0 Å². The van der Waals surface area contributed by atoms with Gasteiger partial charge in [-0.25, -0.2) is 24.2 Å². The molecule has 0 N–H and O–H groups in total. The number of para-hydroxylation sites is 1. The van der Waals surface area contributed by atoms with Crippen LogP contribution in [0.15, 0.2) is 174 Å². The number of hydrogen-bond donors (Lipinski definition) is 0. The summed E-state index contributed by atoms with van der Waals surface area (Å²) >= 11 is 0. The lowest BCUT2D eigenvalue weighted by molar-refractivity contribution is -0.667. The minimum atomic E-state index is -2.67. The smallest absolute Gasteiger partial charge is 0.232 e. The molecule has 20 rings (SSSR count). The van der Waals surface area contributed by atoms with Crippen LogP contribution in [0.5, 0.6) is 0 Å². The molecule has 0 aliphatic carbocycles. The van der Waals surface area contributed by atoms with Crippen LogP contribution in [0.2, 0.25) is 0 Å². The van der Waals surface area contributed by atoms with Crippen LogP contribution < -0.4 is 22.8 Å². The third kappa shape index (κ3) is 18.5. The van der Waals surface area contributed by atoms with Gasteiger partial charge >= 0.3 is 0 Å². The van der Waals surface area contributed by atoms with Gasteiger partial charge in [0.25, 0.3) is 0 Å². The summed E-state index contributed by atoms with van der Waals surface area (Å²) in [6.07, 6.45) is -6.26. The molecule has 0 spiro atoms. The van der Waals surface area contributed by atoms with Gasteiger partial charge in [0.05, 0.1) is 67.5 Å². The monoisotopic (exact) mass is 2000 g/mol. The number of fused-ring (bicyclic) bond motifs is 15. The lowest BCUT2D eigenvalue weighted by Crippen LogP contribution is -2.37. The van der Waals surface area contributed by atoms with Crippen LogP contribution >= 0.6 is 0 Å². The molecule has 20 aromatic rings. The SMILES string of the molecule is [2H]c1c(C([2H])([2H])C(C)C)c(C([2H])([2H])[2H])c(C)[n+](C)c1-c1c(C)ccc2c1oc1c([N+]#[C-])c(C)ccc12.[2H]c1c(C([2H])([2H])C(C)C)c(C([2H])([2H])[2H])c(C)[n+](C)c1-c1c(C)ccc2c1oc1c([N+]#[C-])cc(C)cc12.[2H]c1c(C([2H])([2H])C(C)C)c(C([2H])([2H])[2H])c(C)[n+](C)c1-c1c(C)ccc2c1oc1c([N+]#[C-])ccc(C([2H])([2H])[2H])c12.[2H]c1c(C)c(C([2H])(C)C([2H])([2H])[2H])c(C)[n+](C)c1-c1c(C)cc(C([2H])([2H])[2H])c2c1oc1c([N+]#[C-])cccc12.[2H]c1c(C)c(C([2H])(C)C([2H])([2H])[2H])c(C)[n+](C)c1-c1c(C)ccc2c1oc1c([N+]#[C-])ccc(C([2H])([2H])[2H])c12. The van der Waals surface area contributed by atoms with Crippen molar-refractivity contribution in [3.8, 4) is 56.3 Å². The molecule has 0 saturated heterocycles. The summed E-state index contributed by atoms with van der Waals surface area (Å²) < 4.78 is 350. The van der Waals surface area contributed by atoms with E-state index in [4.69, 9.17) is 102 Å². The molecule has 10 aromatic carbocycles. The fourth-order valence-electron chi connectivity index (χ4n) is 20.0. The normalized spacial score (nSPS) is 17.0. The molecule has 10 heterocycles. The minimum Gasteiger partial charge on any atom is -0.466 e. The Morgan fingerprint density at radius 3 is 0.993 bits per heavy atom. The third-order valence-corrected chi connectivity index (χ3v) is 27.8. The molecule has 0 amide bonds. The first-order valence-electron chi connectivity index (χ1n) is 66.9. The average molecular weight is 2000 g/mol. The van der Waals surface area contributed by atoms with Crippen LogP contribution in [0.1, 0.15) is 271 Å². The second-order valence-electron chi connectivity index (χ2n) is 39.0. The van der Waals surface area contributed by atoms with E-state index in [1.54, 1.807) is 210 Å². The van der Waals surface area contributed by atoms with E-state index in [0.29, 0.717) is 162 Å². The first-order valence-corrected chi connectivity index (χ1v) is 48.4. The van der Waals surface area contributed by atoms with E-state index in [1.165, 1.54) is 38.1 Å². The molecule has 0 aliphatic heterocycles. The van der Waals surface area contributed by atoms with Crippen molar-refractivity contribution in [2.75, 3.05) is 0 Å². The zero-order chi connectivity index (χ0) is 139. The predicted molar refractivity (Wildman–Crippen MR) is 612 cm³/mol. The largest absolute Gasteiger partial charge is 0.466 e. The number of hydrogen-bond acceptors (Lipinski definition) is 5. The van der Waals surface area contributed by atoms with Gasteiger partial charge < -0.3 is 22.1 Å². The number of rotatable bonds is 13. The number of furan rings is 5. The van der Waals surface area contributed by atoms with Gasteiger partial charge in [-0.2, -0.15) is 22.8 Å². The van der Waals surface area contributed by atoms with Gasteiger partial charge in [0, 0.05) is 190 Å². The number of nitrogens with zero attached hydrogens (tertiary/aromatic N) is 10. The van der Waals surface area contributed by atoms with Crippen molar-refractivity contribution >= 4 is 138 Å². The number of aryl methyl sites for hydroxylation is 10. The van der Waals surface area contributed by atoms with E-state index in [-0.39, 0.29) is 153 Å². The maximum absolute atomic E-state index is 9.23. The van der Waals surface area contributed by atoms with Crippen LogP contribution in [0, 0.1) is 189 Å². The topological polar surface area (TPSA) is 107 Å². The maximum atomic E-state index is 9.23. The summed E-state index contributed by atoms with van der Waals surface area (Å²) in [4.78, 5) is 17.9.